The number of aromatic nitrogens is 2. The first-order valence-electron chi connectivity index (χ1n) is 9.92. The summed E-state index contributed by atoms with van der Waals surface area (Å²) in [6.07, 6.45) is 1.26. The van der Waals surface area contributed by atoms with Crippen molar-refractivity contribution in [1.29, 1.82) is 0 Å². The van der Waals surface area contributed by atoms with Crippen LogP contribution >= 0.6 is 0 Å². The first kappa shape index (κ1) is 20.3. The number of benzene rings is 3. The Morgan fingerprint density at radius 2 is 1.63 bits per heavy atom. The summed E-state index contributed by atoms with van der Waals surface area (Å²) in [4.78, 5) is 7.75. The second-order valence-corrected chi connectivity index (χ2v) is 9.86. The van der Waals surface area contributed by atoms with Gasteiger partial charge in [0.25, 0.3) is 0 Å². The number of imidazole rings is 1. The summed E-state index contributed by atoms with van der Waals surface area (Å²) in [7, 11) is -2.95. The molecule has 0 aliphatic heterocycles. The molecule has 0 fully saturated rings. The summed E-state index contributed by atoms with van der Waals surface area (Å²) >= 11 is 0. The predicted molar refractivity (Wildman–Crippen MR) is 123 cm³/mol. The van der Waals surface area contributed by atoms with Crippen LogP contribution in [0.3, 0.4) is 0 Å². The maximum atomic E-state index is 11.3. The van der Waals surface area contributed by atoms with E-state index < -0.39 is 9.84 Å². The number of hydrogen-bond donors (Lipinski definition) is 2. The van der Waals surface area contributed by atoms with E-state index in [1.165, 1.54) is 6.26 Å². The third-order valence-corrected chi connectivity index (χ3v) is 6.06. The van der Waals surface area contributed by atoms with Crippen LogP contribution in [0.15, 0.2) is 66.7 Å². The summed E-state index contributed by atoms with van der Waals surface area (Å²) in [6, 6.07) is 23.0. The van der Waals surface area contributed by atoms with Crippen LogP contribution in [0.25, 0.3) is 33.3 Å². The number of H-pyrrole nitrogens is 1. The molecule has 0 atom stereocenters. The Balaban J connectivity index is 1.53. The lowest BCUT2D eigenvalue weighted by Gasteiger charge is -2.12. The van der Waals surface area contributed by atoms with Crippen molar-refractivity contribution in [2.75, 3.05) is 18.6 Å². The molecule has 0 aliphatic carbocycles. The molecule has 0 spiro atoms. The van der Waals surface area contributed by atoms with Crippen molar-refractivity contribution in [3.63, 3.8) is 0 Å². The topological polar surface area (TPSA) is 74.8 Å². The minimum Gasteiger partial charge on any atom is -0.342 e. The first-order chi connectivity index (χ1) is 14.4. The Morgan fingerprint density at radius 1 is 0.933 bits per heavy atom. The van der Waals surface area contributed by atoms with Crippen molar-refractivity contribution in [3.05, 3.63) is 78.1 Å². The van der Waals surface area contributed by atoms with Crippen molar-refractivity contribution in [3.8, 4) is 22.3 Å². The molecule has 5 nitrogen and oxygen atoms in total. The molecular formula is C24H25N3O2S. The number of aromatic amines is 1. The van der Waals surface area contributed by atoms with E-state index >= 15 is 0 Å². The number of rotatable bonds is 7. The van der Waals surface area contributed by atoms with Gasteiger partial charge in [-0.05, 0) is 46.9 Å². The Kier molecular flexibility index (Phi) is 5.70. The van der Waals surface area contributed by atoms with E-state index in [1.807, 2.05) is 25.1 Å². The molecule has 3 aromatic carbocycles. The van der Waals surface area contributed by atoms with Crippen LogP contribution in [0.1, 0.15) is 11.4 Å². The molecule has 1 aromatic heterocycles. The molecule has 0 radical (unpaired) electrons. The second kappa shape index (κ2) is 8.42. The van der Waals surface area contributed by atoms with Gasteiger partial charge >= 0.3 is 0 Å². The van der Waals surface area contributed by atoms with E-state index in [9.17, 15) is 8.42 Å². The molecule has 0 aliphatic rings. The molecule has 2 N–H and O–H groups in total. The van der Waals surface area contributed by atoms with Crippen LogP contribution < -0.4 is 5.32 Å². The summed E-state index contributed by atoms with van der Waals surface area (Å²) in [5, 5.41) is 3.24. The van der Waals surface area contributed by atoms with Gasteiger partial charge in [-0.2, -0.15) is 0 Å². The van der Waals surface area contributed by atoms with Crippen molar-refractivity contribution < 1.29 is 8.42 Å². The van der Waals surface area contributed by atoms with E-state index in [0.29, 0.717) is 13.1 Å². The van der Waals surface area contributed by atoms with Gasteiger partial charge in [0.2, 0.25) is 0 Å². The van der Waals surface area contributed by atoms with Gasteiger partial charge in [-0.25, -0.2) is 13.4 Å². The quantitative estimate of drug-likeness (QED) is 0.437. The van der Waals surface area contributed by atoms with Gasteiger partial charge in [0.15, 0.2) is 0 Å². The third-order valence-electron chi connectivity index (χ3n) is 5.11. The Morgan fingerprint density at radius 3 is 2.40 bits per heavy atom. The van der Waals surface area contributed by atoms with E-state index in [1.54, 1.807) is 0 Å². The standard InChI is InChI=1S/C24H25N3O2S/c1-17-26-23-12-11-20(15-24(23)27-17)18-7-9-19(10-8-18)22-6-4-3-5-21(22)16-25-13-14-30(2,28)29/h3-12,15,25H,13-14,16H2,1-2H3,(H,26,27). The smallest absolute Gasteiger partial charge is 0.148 e. The average Bonchev–Trinajstić information content (AvgIpc) is 3.10. The van der Waals surface area contributed by atoms with E-state index in [4.69, 9.17) is 0 Å². The molecule has 30 heavy (non-hydrogen) atoms. The van der Waals surface area contributed by atoms with Crippen LogP contribution in [-0.4, -0.2) is 36.9 Å². The monoisotopic (exact) mass is 419 g/mol. The molecule has 0 saturated carbocycles. The Labute approximate surface area is 177 Å². The highest BCUT2D eigenvalue weighted by atomic mass is 32.2. The molecule has 4 aromatic rings. The normalized spacial score (nSPS) is 11.8. The summed E-state index contributed by atoms with van der Waals surface area (Å²) in [5.41, 5.74) is 7.75. The highest BCUT2D eigenvalue weighted by Gasteiger charge is 2.08. The minimum atomic E-state index is -2.95. The highest BCUT2D eigenvalue weighted by molar-refractivity contribution is 7.90. The number of hydrogen-bond acceptors (Lipinski definition) is 4. The average molecular weight is 420 g/mol. The summed E-state index contributed by atoms with van der Waals surface area (Å²) in [5.74, 6) is 1.06. The van der Waals surface area contributed by atoms with Gasteiger partial charge in [-0.1, -0.05) is 54.6 Å². The van der Waals surface area contributed by atoms with Crippen molar-refractivity contribution in [1.82, 2.24) is 15.3 Å². The highest BCUT2D eigenvalue weighted by Crippen LogP contribution is 2.28. The number of fused-ring (bicyclic) bond motifs is 1. The van der Waals surface area contributed by atoms with E-state index in [2.05, 4.69) is 63.8 Å². The molecule has 0 unspecified atom stereocenters. The largest absolute Gasteiger partial charge is 0.342 e. The number of aryl methyl sites for hydroxylation is 1. The lowest BCUT2D eigenvalue weighted by molar-refractivity contribution is 0.596. The fraction of sp³-hybridized carbons (Fsp3) is 0.208. The van der Waals surface area contributed by atoms with Crippen molar-refractivity contribution >= 4 is 20.9 Å². The molecule has 0 amide bonds. The molecule has 6 heteroatoms. The SMILES string of the molecule is Cc1nc2ccc(-c3ccc(-c4ccccc4CNCCS(C)(=O)=O)cc3)cc2[nH]1. The fourth-order valence-corrected chi connectivity index (χ4v) is 4.11. The van der Waals surface area contributed by atoms with Gasteiger partial charge < -0.3 is 10.3 Å². The van der Waals surface area contributed by atoms with Crippen LogP contribution in [0.5, 0.6) is 0 Å². The molecule has 4 rings (SSSR count). The zero-order valence-electron chi connectivity index (χ0n) is 17.1. The molecule has 154 valence electrons. The number of nitrogens with zero attached hydrogens (tertiary/aromatic N) is 1. The van der Waals surface area contributed by atoms with Crippen molar-refractivity contribution in [2.45, 2.75) is 13.5 Å². The van der Waals surface area contributed by atoms with Crippen LogP contribution in [0, 0.1) is 6.92 Å². The number of sulfone groups is 1. The second-order valence-electron chi connectivity index (χ2n) is 7.60. The minimum absolute atomic E-state index is 0.143. The Bertz CT molecular complexity index is 1280. The Hall–Kier alpha value is -2.96. The molecule has 0 bridgehead atoms. The van der Waals surface area contributed by atoms with E-state index in [0.717, 1.165) is 44.7 Å². The lowest BCUT2D eigenvalue weighted by atomic mass is 9.97. The van der Waals surface area contributed by atoms with Gasteiger partial charge in [0.1, 0.15) is 15.7 Å². The molecule has 1 heterocycles. The van der Waals surface area contributed by atoms with Gasteiger partial charge in [-0.3, -0.25) is 0 Å². The van der Waals surface area contributed by atoms with Crippen LogP contribution in [-0.2, 0) is 16.4 Å². The molecule has 0 saturated heterocycles. The fourth-order valence-electron chi connectivity index (χ4n) is 3.60. The summed E-state index contributed by atoms with van der Waals surface area (Å²) in [6.45, 7) is 3.03. The zero-order chi connectivity index (χ0) is 21.1. The maximum Gasteiger partial charge on any atom is 0.148 e. The van der Waals surface area contributed by atoms with Gasteiger partial charge in [0.05, 0.1) is 16.8 Å². The third kappa shape index (κ3) is 4.78. The van der Waals surface area contributed by atoms with E-state index in [-0.39, 0.29) is 5.75 Å². The lowest BCUT2D eigenvalue weighted by Crippen LogP contribution is -2.22. The van der Waals surface area contributed by atoms with Crippen LogP contribution in [0.2, 0.25) is 0 Å². The predicted octanol–water partition coefficient (Wildman–Crippen LogP) is 4.34. The zero-order valence-corrected chi connectivity index (χ0v) is 18.0. The van der Waals surface area contributed by atoms with Gasteiger partial charge in [0, 0.05) is 19.3 Å². The number of nitrogens with one attached hydrogen (secondary N) is 2. The maximum absolute atomic E-state index is 11.3. The first-order valence-corrected chi connectivity index (χ1v) is 12.0. The van der Waals surface area contributed by atoms with Crippen molar-refractivity contribution in [2.24, 2.45) is 0 Å². The van der Waals surface area contributed by atoms with Crippen LogP contribution in [0.4, 0.5) is 0 Å². The molecular weight excluding hydrogens is 394 g/mol. The van der Waals surface area contributed by atoms with Gasteiger partial charge in [-0.15, -0.1) is 0 Å². The summed E-state index contributed by atoms with van der Waals surface area (Å²) < 4.78 is 22.6.